The first-order valence-corrected chi connectivity index (χ1v) is 8.34. The molecule has 0 aromatic heterocycles. The van der Waals surface area contributed by atoms with Crippen LogP contribution in [0.25, 0.3) is 0 Å². The van der Waals surface area contributed by atoms with Crippen molar-refractivity contribution in [3.05, 3.63) is 59.2 Å². The largest absolute Gasteiger partial charge is 0.484 e. The Morgan fingerprint density at radius 3 is 2.81 bits per heavy atom. The molecule has 1 aliphatic rings. The third kappa shape index (κ3) is 4.19. The van der Waals surface area contributed by atoms with Gasteiger partial charge in [-0.15, -0.1) is 0 Å². The fourth-order valence-corrected chi connectivity index (χ4v) is 2.88. The van der Waals surface area contributed by atoms with Crippen LogP contribution in [0.4, 0.5) is 5.69 Å². The van der Waals surface area contributed by atoms with Crippen LogP contribution in [0.5, 0.6) is 5.75 Å². The number of para-hydroxylation sites is 1. The molecule has 136 valence electrons. The van der Waals surface area contributed by atoms with Crippen LogP contribution in [0.3, 0.4) is 0 Å². The minimum atomic E-state index is -0.617. The highest BCUT2D eigenvalue weighted by Crippen LogP contribution is 2.23. The first-order valence-electron chi connectivity index (χ1n) is 8.34. The normalized spacial score (nSPS) is 15.7. The zero-order valence-electron chi connectivity index (χ0n) is 14.4. The van der Waals surface area contributed by atoms with E-state index in [-0.39, 0.29) is 18.6 Å². The second kappa shape index (κ2) is 7.99. The molecule has 3 rings (SSSR count). The summed E-state index contributed by atoms with van der Waals surface area (Å²) in [5.74, 6) is -0.143. The van der Waals surface area contributed by atoms with Crippen molar-refractivity contribution in [1.29, 1.82) is 0 Å². The highest BCUT2D eigenvalue weighted by Gasteiger charge is 2.24. The van der Waals surface area contributed by atoms with Gasteiger partial charge < -0.3 is 15.4 Å². The van der Waals surface area contributed by atoms with Gasteiger partial charge in [0.15, 0.2) is 6.61 Å². The first-order chi connectivity index (χ1) is 12.6. The number of benzene rings is 2. The highest BCUT2D eigenvalue weighted by molar-refractivity contribution is 5.95. The van der Waals surface area contributed by atoms with Crippen LogP contribution < -0.4 is 20.9 Å². The third-order valence-electron chi connectivity index (χ3n) is 4.35. The van der Waals surface area contributed by atoms with Gasteiger partial charge in [0.1, 0.15) is 5.75 Å². The molecule has 0 radical (unpaired) electrons. The second-order valence-electron chi connectivity index (χ2n) is 6.20. The predicted octanol–water partition coefficient (Wildman–Crippen LogP) is 1.53. The van der Waals surface area contributed by atoms with Gasteiger partial charge in [0.2, 0.25) is 5.91 Å². The van der Waals surface area contributed by atoms with Crippen LogP contribution in [0.15, 0.2) is 42.5 Å². The number of fused-ring (bicyclic) bond motifs is 1. The van der Waals surface area contributed by atoms with Crippen molar-refractivity contribution in [3.63, 3.8) is 0 Å². The van der Waals surface area contributed by atoms with Gasteiger partial charge in [-0.1, -0.05) is 24.3 Å². The van der Waals surface area contributed by atoms with Gasteiger partial charge in [0.25, 0.3) is 5.91 Å². The lowest BCUT2D eigenvalue weighted by Gasteiger charge is -2.26. The monoisotopic (exact) mass is 355 g/mol. The Hall–Kier alpha value is -2.90. The molecule has 1 aliphatic heterocycles. The van der Waals surface area contributed by atoms with E-state index in [0.29, 0.717) is 18.7 Å². The number of hydroxylamine groups is 1. The van der Waals surface area contributed by atoms with Crippen molar-refractivity contribution in [1.82, 2.24) is 10.8 Å². The van der Waals surface area contributed by atoms with Gasteiger partial charge >= 0.3 is 0 Å². The average molecular weight is 355 g/mol. The predicted molar refractivity (Wildman–Crippen MR) is 96.0 cm³/mol. The molecule has 4 N–H and O–H groups in total. The Bertz CT molecular complexity index is 822. The van der Waals surface area contributed by atoms with E-state index in [1.807, 2.05) is 43.3 Å². The summed E-state index contributed by atoms with van der Waals surface area (Å²) in [5, 5.41) is 14.7. The molecule has 0 unspecified atom stereocenters. The number of ether oxygens (including phenoxy) is 1. The Morgan fingerprint density at radius 1 is 1.23 bits per heavy atom. The number of nitrogens with one attached hydrogen (secondary N) is 3. The van der Waals surface area contributed by atoms with E-state index in [1.165, 1.54) is 5.48 Å². The Labute approximate surface area is 151 Å². The SMILES string of the molecule is Cc1ccccc1NC(=O)[C@@H]1Cc2ccc(OCC(=O)NO)cc2CN1. The molecule has 7 heteroatoms. The van der Waals surface area contributed by atoms with E-state index in [0.717, 1.165) is 22.4 Å². The summed E-state index contributed by atoms with van der Waals surface area (Å²) in [4.78, 5) is 23.6. The summed E-state index contributed by atoms with van der Waals surface area (Å²) in [6, 6.07) is 12.8. The second-order valence-corrected chi connectivity index (χ2v) is 6.20. The van der Waals surface area contributed by atoms with Gasteiger partial charge in [-0.2, -0.15) is 0 Å². The lowest BCUT2D eigenvalue weighted by Crippen LogP contribution is -2.44. The summed E-state index contributed by atoms with van der Waals surface area (Å²) in [7, 11) is 0. The fraction of sp³-hybridized carbons (Fsp3) is 0.263. The van der Waals surface area contributed by atoms with Crippen molar-refractivity contribution in [2.45, 2.75) is 25.9 Å². The lowest BCUT2D eigenvalue weighted by atomic mass is 9.95. The molecular weight excluding hydrogens is 334 g/mol. The number of rotatable bonds is 5. The van der Waals surface area contributed by atoms with E-state index < -0.39 is 5.91 Å². The molecule has 26 heavy (non-hydrogen) atoms. The standard InChI is InChI=1S/C19H21N3O4/c1-12-4-2-3-5-16(12)21-19(24)17-9-13-6-7-15(8-14(13)10-20-17)26-11-18(23)22-25/h2-8,17,20,25H,9-11H2,1H3,(H,21,24)(H,22,23)/t17-/m0/s1. The van der Waals surface area contributed by atoms with E-state index in [1.54, 1.807) is 6.07 Å². The molecule has 2 aromatic carbocycles. The van der Waals surface area contributed by atoms with Crippen molar-refractivity contribution < 1.29 is 19.5 Å². The summed E-state index contributed by atoms with van der Waals surface area (Å²) in [6.45, 7) is 2.23. The molecule has 0 saturated carbocycles. The number of aryl methyl sites for hydroxylation is 1. The van der Waals surface area contributed by atoms with Gasteiger partial charge in [-0.25, -0.2) is 5.48 Å². The molecule has 0 saturated heterocycles. The van der Waals surface area contributed by atoms with E-state index in [9.17, 15) is 9.59 Å². The fourth-order valence-electron chi connectivity index (χ4n) is 2.88. The molecule has 1 atom stereocenters. The molecular formula is C19H21N3O4. The smallest absolute Gasteiger partial charge is 0.281 e. The summed E-state index contributed by atoms with van der Waals surface area (Å²) in [5.41, 5.74) is 5.44. The first kappa shape index (κ1) is 17.9. The quantitative estimate of drug-likeness (QED) is 0.482. The Kier molecular flexibility index (Phi) is 5.50. The van der Waals surface area contributed by atoms with Crippen LogP contribution >= 0.6 is 0 Å². The van der Waals surface area contributed by atoms with Crippen LogP contribution in [-0.2, 0) is 22.6 Å². The topological polar surface area (TPSA) is 99.7 Å². The van der Waals surface area contributed by atoms with Crippen LogP contribution in [0, 0.1) is 6.92 Å². The molecule has 0 bridgehead atoms. The maximum absolute atomic E-state index is 12.5. The van der Waals surface area contributed by atoms with Crippen molar-refractivity contribution in [2.75, 3.05) is 11.9 Å². The number of anilines is 1. The number of hydrogen-bond donors (Lipinski definition) is 4. The molecule has 7 nitrogen and oxygen atoms in total. The average Bonchev–Trinajstić information content (AvgIpc) is 2.67. The molecule has 1 heterocycles. The van der Waals surface area contributed by atoms with Gasteiger partial charge in [0.05, 0.1) is 6.04 Å². The van der Waals surface area contributed by atoms with E-state index in [2.05, 4.69) is 10.6 Å². The molecule has 2 aromatic rings. The maximum atomic E-state index is 12.5. The van der Waals surface area contributed by atoms with E-state index >= 15 is 0 Å². The van der Waals surface area contributed by atoms with E-state index in [4.69, 9.17) is 9.94 Å². The molecule has 0 spiro atoms. The Morgan fingerprint density at radius 2 is 2.04 bits per heavy atom. The van der Waals surface area contributed by atoms with Crippen LogP contribution in [-0.4, -0.2) is 29.7 Å². The number of carbonyl (C=O) groups excluding carboxylic acids is 2. The zero-order chi connectivity index (χ0) is 18.5. The number of carbonyl (C=O) groups is 2. The minimum Gasteiger partial charge on any atom is -0.484 e. The summed E-state index contributed by atoms with van der Waals surface area (Å²) in [6.07, 6.45) is 0.574. The van der Waals surface area contributed by atoms with Crippen LogP contribution in [0.1, 0.15) is 16.7 Å². The van der Waals surface area contributed by atoms with Crippen molar-refractivity contribution in [2.24, 2.45) is 0 Å². The third-order valence-corrected chi connectivity index (χ3v) is 4.35. The molecule has 0 fully saturated rings. The lowest BCUT2D eigenvalue weighted by molar-refractivity contribution is -0.131. The highest BCUT2D eigenvalue weighted by atomic mass is 16.5. The minimum absolute atomic E-state index is 0.0649. The zero-order valence-corrected chi connectivity index (χ0v) is 14.4. The number of amides is 2. The van der Waals surface area contributed by atoms with Crippen molar-refractivity contribution >= 4 is 17.5 Å². The van der Waals surface area contributed by atoms with Crippen LogP contribution in [0.2, 0.25) is 0 Å². The van der Waals surface area contributed by atoms with Gasteiger partial charge in [-0.3, -0.25) is 14.8 Å². The molecule has 2 amide bonds. The van der Waals surface area contributed by atoms with Gasteiger partial charge in [0, 0.05) is 12.2 Å². The maximum Gasteiger partial charge on any atom is 0.281 e. The van der Waals surface area contributed by atoms with Gasteiger partial charge in [-0.05, 0) is 48.2 Å². The van der Waals surface area contributed by atoms with Crippen molar-refractivity contribution in [3.8, 4) is 5.75 Å². The summed E-state index contributed by atoms with van der Waals surface area (Å²) >= 11 is 0. The number of hydrogen-bond acceptors (Lipinski definition) is 5. The summed E-state index contributed by atoms with van der Waals surface area (Å²) < 4.78 is 5.31. The Balaban J connectivity index is 1.63. The molecule has 0 aliphatic carbocycles.